The van der Waals surface area contributed by atoms with Crippen LogP contribution >= 0.6 is 0 Å². The zero-order chi connectivity index (χ0) is 26.8. The number of halogens is 4. The van der Waals surface area contributed by atoms with Crippen LogP contribution in [0.5, 0.6) is 5.75 Å². The van der Waals surface area contributed by atoms with Crippen LogP contribution in [0, 0.1) is 17.2 Å². The van der Waals surface area contributed by atoms with Crippen LogP contribution in [-0.2, 0) is 0 Å². The largest absolute Gasteiger partial charge is 0.492 e. The first-order chi connectivity index (χ1) is 17.4. The van der Waals surface area contributed by atoms with Crippen LogP contribution in [0.1, 0.15) is 56.8 Å². The van der Waals surface area contributed by atoms with Gasteiger partial charge in [-0.2, -0.15) is 13.2 Å². The molecule has 5 nitrogen and oxygen atoms in total. The van der Waals surface area contributed by atoms with Crippen molar-refractivity contribution in [3.63, 3.8) is 0 Å². The van der Waals surface area contributed by atoms with Crippen LogP contribution in [0.4, 0.5) is 17.6 Å². The van der Waals surface area contributed by atoms with Gasteiger partial charge in [0.2, 0.25) is 0 Å². The van der Waals surface area contributed by atoms with Crippen LogP contribution in [0.3, 0.4) is 0 Å². The van der Waals surface area contributed by atoms with Crippen molar-refractivity contribution in [1.29, 1.82) is 0 Å². The summed E-state index contributed by atoms with van der Waals surface area (Å²) in [6.07, 6.45) is 0.788. The number of aromatic nitrogens is 1. The molecule has 0 spiro atoms. The third-order valence-corrected chi connectivity index (χ3v) is 7.62. The van der Waals surface area contributed by atoms with Crippen LogP contribution < -0.4 is 4.74 Å². The second-order valence-corrected chi connectivity index (χ2v) is 11.0. The molecule has 2 fully saturated rings. The Hall–Kier alpha value is -2.68. The first-order valence-electron chi connectivity index (χ1n) is 12.9. The molecule has 1 atom stereocenters. The highest BCUT2D eigenvalue weighted by atomic mass is 19.4. The number of pyridine rings is 1. The monoisotopic (exact) mass is 521 g/mol. The summed E-state index contributed by atoms with van der Waals surface area (Å²) in [7, 11) is 0. The first kappa shape index (κ1) is 27.4. The van der Waals surface area contributed by atoms with Crippen molar-refractivity contribution in [3.05, 3.63) is 47.9 Å². The number of hydrogen-bond acceptors (Lipinski definition) is 4. The van der Waals surface area contributed by atoms with Crippen molar-refractivity contribution < 1.29 is 27.1 Å². The van der Waals surface area contributed by atoms with Gasteiger partial charge >= 0.3 is 6.18 Å². The Balaban J connectivity index is 1.28. The fourth-order valence-corrected chi connectivity index (χ4v) is 5.05. The number of carbonyl (C=O) groups excluding carboxylic acids is 1. The highest BCUT2D eigenvalue weighted by molar-refractivity contribution is 5.95. The molecule has 37 heavy (non-hydrogen) atoms. The van der Waals surface area contributed by atoms with E-state index in [0.29, 0.717) is 43.2 Å². The zero-order valence-corrected chi connectivity index (χ0v) is 21.7. The lowest BCUT2D eigenvalue weighted by atomic mass is 9.89. The molecule has 4 rings (SSSR count). The number of amides is 1. The molecule has 2 aliphatic heterocycles. The molecule has 2 aliphatic rings. The molecule has 0 unspecified atom stereocenters. The molecular formula is C28H35F4N3O2. The second-order valence-electron chi connectivity index (χ2n) is 11.0. The maximum absolute atomic E-state index is 14.8. The molecule has 0 aliphatic carbocycles. The van der Waals surface area contributed by atoms with Gasteiger partial charge in [-0.25, -0.2) is 4.39 Å². The van der Waals surface area contributed by atoms with E-state index in [0.717, 1.165) is 25.7 Å². The normalized spacial score (nSPS) is 19.9. The lowest BCUT2D eigenvalue weighted by molar-refractivity contribution is -0.217. The highest BCUT2D eigenvalue weighted by Crippen LogP contribution is 2.38. The third kappa shape index (κ3) is 6.43. The number of hydrogen-bond donors (Lipinski definition) is 0. The summed E-state index contributed by atoms with van der Waals surface area (Å²) in [5.74, 6) is 0.0106. The van der Waals surface area contributed by atoms with Crippen molar-refractivity contribution in [1.82, 2.24) is 14.8 Å². The summed E-state index contributed by atoms with van der Waals surface area (Å²) >= 11 is 0. The Morgan fingerprint density at radius 1 is 1.08 bits per heavy atom. The van der Waals surface area contributed by atoms with E-state index < -0.39 is 17.4 Å². The minimum Gasteiger partial charge on any atom is -0.492 e. The summed E-state index contributed by atoms with van der Waals surface area (Å²) in [6, 6.07) is 8.20. The first-order valence-corrected chi connectivity index (χ1v) is 12.9. The number of carbonyl (C=O) groups is 1. The Morgan fingerprint density at radius 2 is 1.81 bits per heavy atom. The van der Waals surface area contributed by atoms with E-state index in [-0.39, 0.29) is 30.0 Å². The van der Waals surface area contributed by atoms with Crippen molar-refractivity contribution in [2.45, 2.75) is 58.7 Å². The van der Waals surface area contributed by atoms with E-state index in [2.05, 4.69) is 4.98 Å². The van der Waals surface area contributed by atoms with E-state index in [1.54, 1.807) is 29.3 Å². The minimum atomic E-state index is -4.22. The lowest BCUT2D eigenvalue weighted by Gasteiger charge is -2.38. The molecule has 3 heterocycles. The van der Waals surface area contributed by atoms with E-state index in [9.17, 15) is 22.4 Å². The number of nitrogens with zero attached hydrogens (tertiary/aromatic N) is 3. The number of rotatable bonds is 7. The number of piperidine rings is 1. The Bertz CT molecular complexity index is 1080. The van der Waals surface area contributed by atoms with E-state index >= 15 is 0 Å². The van der Waals surface area contributed by atoms with Crippen molar-refractivity contribution in [2.75, 3.05) is 32.8 Å². The quantitative estimate of drug-likeness (QED) is 0.408. The molecule has 0 bridgehead atoms. The zero-order valence-electron chi connectivity index (χ0n) is 21.7. The summed E-state index contributed by atoms with van der Waals surface area (Å²) in [6.45, 7) is 6.83. The van der Waals surface area contributed by atoms with Crippen LogP contribution in [0.25, 0.3) is 11.3 Å². The van der Waals surface area contributed by atoms with Gasteiger partial charge in [-0.3, -0.25) is 9.78 Å². The topological polar surface area (TPSA) is 45.7 Å². The van der Waals surface area contributed by atoms with Gasteiger partial charge in [-0.05, 0) is 89.7 Å². The Morgan fingerprint density at radius 3 is 2.38 bits per heavy atom. The number of benzene rings is 1. The van der Waals surface area contributed by atoms with Crippen LogP contribution in [0.15, 0.2) is 36.5 Å². The van der Waals surface area contributed by atoms with E-state index in [1.807, 2.05) is 11.8 Å². The Labute approximate surface area is 215 Å². The van der Waals surface area contributed by atoms with Crippen LogP contribution in [-0.4, -0.2) is 65.7 Å². The number of alkyl halides is 3. The van der Waals surface area contributed by atoms with Crippen LogP contribution in [0.2, 0.25) is 0 Å². The number of likely N-dealkylation sites (tertiary alicyclic amines) is 2. The number of ether oxygens (including phenoxy) is 1. The fraction of sp³-hybridized carbons (Fsp3) is 0.571. The van der Waals surface area contributed by atoms with Gasteiger partial charge in [0.05, 0.1) is 29.5 Å². The van der Waals surface area contributed by atoms with Crippen molar-refractivity contribution in [2.24, 2.45) is 11.3 Å². The highest BCUT2D eigenvalue weighted by Gasteiger charge is 2.48. The standard InChI is InChI=1S/C28H35F4N3O2/c1-19-5-4-12-35(19)26(36)23-8-6-21(15-24(23)29)25-9-7-22(16-33-25)37-17-20-10-13-34(14-11-20)18-27(2,3)28(30,31)32/h6-9,15-16,19-20H,4-5,10-14,17-18H2,1-3H3/t19-/m0/s1. The second kappa shape index (κ2) is 11.0. The predicted molar refractivity (Wildman–Crippen MR) is 134 cm³/mol. The van der Waals surface area contributed by atoms with Gasteiger partial charge in [0.25, 0.3) is 5.91 Å². The maximum Gasteiger partial charge on any atom is 0.395 e. The molecule has 2 saturated heterocycles. The predicted octanol–water partition coefficient (Wildman–Crippen LogP) is 6.19. The Kier molecular flexibility index (Phi) is 8.11. The smallest absolute Gasteiger partial charge is 0.395 e. The van der Waals surface area contributed by atoms with Crippen molar-refractivity contribution in [3.8, 4) is 17.0 Å². The van der Waals surface area contributed by atoms with Gasteiger partial charge in [0.1, 0.15) is 11.6 Å². The molecule has 9 heteroatoms. The summed E-state index contributed by atoms with van der Waals surface area (Å²) in [5.41, 5.74) is -0.510. The molecule has 1 aromatic carbocycles. The maximum atomic E-state index is 14.8. The molecule has 1 amide bonds. The molecule has 202 valence electrons. The summed E-state index contributed by atoms with van der Waals surface area (Å²) in [5, 5.41) is 0. The molecule has 0 saturated carbocycles. The SMILES string of the molecule is C[C@H]1CCCN1C(=O)c1ccc(-c2ccc(OCC3CCN(CC(C)(C)C(F)(F)F)CC3)cn2)cc1F. The van der Waals surface area contributed by atoms with E-state index in [1.165, 1.54) is 26.0 Å². The van der Waals surface area contributed by atoms with Gasteiger partial charge in [-0.1, -0.05) is 6.07 Å². The summed E-state index contributed by atoms with van der Waals surface area (Å²) in [4.78, 5) is 20.7. The fourth-order valence-electron chi connectivity index (χ4n) is 5.05. The molecular weight excluding hydrogens is 486 g/mol. The van der Waals surface area contributed by atoms with Gasteiger partial charge in [0.15, 0.2) is 0 Å². The molecule has 0 N–H and O–H groups in total. The average molecular weight is 522 g/mol. The van der Waals surface area contributed by atoms with Gasteiger partial charge in [-0.15, -0.1) is 0 Å². The van der Waals surface area contributed by atoms with Crippen molar-refractivity contribution >= 4 is 5.91 Å². The van der Waals surface area contributed by atoms with E-state index in [4.69, 9.17) is 4.74 Å². The minimum absolute atomic E-state index is 0.00255. The van der Waals surface area contributed by atoms with Gasteiger partial charge < -0.3 is 14.5 Å². The van der Waals surface area contributed by atoms with Gasteiger partial charge in [0, 0.05) is 24.7 Å². The molecule has 0 radical (unpaired) electrons. The molecule has 1 aromatic heterocycles. The third-order valence-electron chi connectivity index (χ3n) is 7.62. The lowest BCUT2D eigenvalue weighted by Crippen LogP contribution is -2.46. The summed E-state index contributed by atoms with van der Waals surface area (Å²) < 4.78 is 60.2. The average Bonchev–Trinajstić information content (AvgIpc) is 3.28. The molecule has 2 aromatic rings.